The SMILES string of the molecule is Cc1nc2cc(=O)[nH]n2c(C)c1CNC(=O)C1(O)CCCC1. The summed E-state index contributed by atoms with van der Waals surface area (Å²) in [6.45, 7) is 3.99. The highest BCUT2D eigenvalue weighted by molar-refractivity contribution is 5.85. The van der Waals surface area contributed by atoms with Crippen molar-refractivity contribution in [1.82, 2.24) is 19.9 Å². The Morgan fingerprint density at radius 2 is 2.14 bits per heavy atom. The molecule has 0 aromatic carbocycles. The second-order valence-corrected chi connectivity index (χ2v) is 6.00. The summed E-state index contributed by atoms with van der Waals surface area (Å²) < 4.78 is 1.61. The maximum Gasteiger partial charge on any atom is 0.266 e. The molecule has 1 fully saturated rings. The predicted octanol–water partition coefficient (Wildman–Crippen LogP) is 0.561. The molecule has 0 radical (unpaired) electrons. The van der Waals surface area contributed by atoms with E-state index in [9.17, 15) is 14.7 Å². The molecule has 7 heteroatoms. The Morgan fingerprint density at radius 1 is 1.45 bits per heavy atom. The Morgan fingerprint density at radius 3 is 2.82 bits per heavy atom. The molecule has 1 aliphatic rings. The van der Waals surface area contributed by atoms with E-state index in [0.717, 1.165) is 29.8 Å². The van der Waals surface area contributed by atoms with Gasteiger partial charge in [0.1, 0.15) is 5.60 Å². The Bertz CT molecular complexity index is 784. The number of H-pyrrole nitrogens is 1. The van der Waals surface area contributed by atoms with E-state index < -0.39 is 5.60 Å². The van der Waals surface area contributed by atoms with Crippen LogP contribution in [0.4, 0.5) is 0 Å². The van der Waals surface area contributed by atoms with Crippen LogP contribution in [0.5, 0.6) is 0 Å². The minimum Gasteiger partial charge on any atom is -0.380 e. The van der Waals surface area contributed by atoms with Crippen LogP contribution in [-0.2, 0) is 11.3 Å². The lowest BCUT2D eigenvalue weighted by Crippen LogP contribution is -2.44. The quantitative estimate of drug-likeness (QED) is 0.771. The minimum atomic E-state index is -1.24. The average Bonchev–Trinajstić information content (AvgIpc) is 3.05. The van der Waals surface area contributed by atoms with Crippen LogP contribution in [0.1, 0.15) is 42.6 Å². The van der Waals surface area contributed by atoms with Crippen molar-refractivity contribution in [2.45, 2.75) is 51.7 Å². The molecule has 1 amide bonds. The highest BCUT2D eigenvalue weighted by atomic mass is 16.3. The zero-order valence-electron chi connectivity index (χ0n) is 12.8. The summed E-state index contributed by atoms with van der Waals surface area (Å²) in [7, 11) is 0. The number of rotatable bonds is 3. The minimum absolute atomic E-state index is 0.212. The summed E-state index contributed by atoms with van der Waals surface area (Å²) in [5, 5.41) is 15.8. The van der Waals surface area contributed by atoms with E-state index >= 15 is 0 Å². The van der Waals surface area contributed by atoms with Crippen molar-refractivity contribution in [3.63, 3.8) is 0 Å². The van der Waals surface area contributed by atoms with Gasteiger partial charge in [-0.25, -0.2) is 9.50 Å². The predicted molar refractivity (Wildman–Crippen MR) is 80.6 cm³/mol. The highest BCUT2D eigenvalue weighted by Crippen LogP contribution is 2.29. The van der Waals surface area contributed by atoms with Crippen LogP contribution in [0.25, 0.3) is 5.65 Å². The molecule has 3 N–H and O–H groups in total. The molecular weight excluding hydrogens is 284 g/mol. The first-order valence-electron chi connectivity index (χ1n) is 7.49. The van der Waals surface area contributed by atoms with E-state index in [2.05, 4.69) is 15.4 Å². The third kappa shape index (κ3) is 2.41. The highest BCUT2D eigenvalue weighted by Gasteiger charge is 2.38. The number of hydrogen-bond donors (Lipinski definition) is 3. The van der Waals surface area contributed by atoms with Gasteiger partial charge in [0.25, 0.3) is 11.5 Å². The largest absolute Gasteiger partial charge is 0.380 e. The number of aromatic amines is 1. The van der Waals surface area contributed by atoms with Crippen molar-refractivity contribution in [3.05, 3.63) is 33.4 Å². The summed E-state index contributed by atoms with van der Waals surface area (Å²) in [6, 6.07) is 1.43. The van der Waals surface area contributed by atoms with Crippen molar-refractivity contribution < 1.29 is 9.90 Å². The molecule has 7 nitrogen and oxygen atoms in total. The molecule has 0 atom stereocenters. The smallest absolute Gasteiger partial charge is 0.266 e. The first-order valence-corrected chi connectivity index (χ1v) is 7.49. The topological polar surface area (TPSA) is 99.5 Å². The van der Waals surface area contributed by atoms with E-state index in [1.165, 1.54) is 6.07 Å². The van der Waals surface area contributed by atoms with Crippen LogP contribution >= 0.6 is 0 Å². The van der Waals surface area contributed by atoms with Gasteiger partial charge in [0.15, 0.2) is 5.65 Å². The maximum absolute atomic E-state index is 12.2. The van der Waals surface area contributed by atoms with Gasteiger partial charge in [0.2, 0.25) is 0 Å². The van der Waals surface area contributed by atoms with Gasteiger partial charge in [-0.3, -0.25) is 14.7 Å². The monoisotopic (exact) mass is 304 g/mol. The molecule has 22 heavy (non-hydrogen) atoms. The van der Waals surface area contributed by atoms with Crippen LogP contribution in [0, 0.1) is 13.8 Å². The summed E-state index contributed by atoms with van der Waals surface area (Å²) >= 11 is 0. The number of aromatic nitrogens is 3. The number of aryl methyl sites for hydroxylation is 2. The molecule has 2 aromatic heterocycles. The third-order valence-electron chi connectivity index (χ3n) is 4.48. The van der Waals surface area contributed by atoms with Crippen molar-refractivity contribution in [2.75, 3.05) is 0 Å². The van der Waals surface area contributed by atoms with Gasteiger partial charge >= 0.3 is 0 Å². The lowest BCUT2D eigenvalue weighted by molar-refractivity contribution is -0.139. The Labute approximate surface area is 127 Å². The summed E-state index contributed by atoms with van der Waals surface area (Å²) in [5.74, 6) is -0.329. The van der Waals surface area contributed by atoms with Gasteiger partial charge in [0, 0.05) is 29.6 Å². The van der Waals surface area contributed by atoms with Crippen molar-refractivity contribution in [2.24, 2.45) is 0 Å². The van der Waals surface area contributed by atoms with Crippen LogP contribution < -0.4 is 10.9 Å². The number of amides is 1. The van der Waals surface area contributed by atoms with Gasteiger partial charge in [-0.1, -0.05) is 0 Å². The molecular formula is C15H20N4O3. The van der Waals surface area contributed by atoms with E-state index in [4.69, 9.17) is 0 Å². The van der Waals surface area contributed by atoms with Gasteiger partial charge < -0.3 is 10.4 Å². The average molecular weight is 304 g/mol. The molecule has 2 heterocycles. The molecule has 0 spiro atoms. The fourth-order valence-corrected chi connectivity index (χ4v) is 3.13. The number of carbonyl (C=O) groups excluding carboxylic acids is 1. The van der Waals surface area contributed by atoms with Crippen molar-refractivity contribution in [1.29, 1.82) is 0 Å². The Balaban J connectivity index is 1.84. The van der Waals surface area contributed by atoms with E-state index in [1.54, 1.807) is 4.52 Å². The summed E-state index contributed by atoms with van der Waals surface area (Å²) in [4.78, 5) is 28.0. The molecule has 2 aromatic rings. The van der Waals surface area contributed by atoms with Gasteiger partial charge in [-0.05, 0) is 39.5 Å². The fourth-order valence-electron chi connectivity index (χ4n) is 3.13. The first kappa shape index (κ1) is 14.8. The molecule has 1 saturated carbocycles. The van der Waals surface area contributed by atoms with E-state index in [-0.39, 0.29) is 18.0 Å². The zero-order valence-corrected chi connectivity index (χ0v) is 12.8. The van der Waals surface area contributed by atoms with Crippen LogP contribution in [0.15, 0.2) is 10.9 Å². The van der Waals surface area contributed by atoms with Gasteiger partial charge in [-0.15, -0.1) is 0 Å². The molecule has 0 bridgehead atoms. The number of nitrogens with zero attached hydrogens (tertiary/aromatic N) is 2. The Hall–Kier alpha value is -2.15. The summed E-state index contributed by atoms with van der Waals surface area (Å²) in [6.07, 6.45) is 2.78. The van der Waals surface area contributed by atoms with Crippen molar-refractivity contribution in [3.8, 4) is 0 Å². The Kier molecular flexibility index (Phi) is 3.52. The van der Waals surface area contributed by atoms with Crippen LogP contribution in [-0.4, -0.2) is 31.2 Å². The maximum atomic E-state index is 12.2. The number of hydrogen-bond acceptors (Lipinski definition) is 4. The van der Waals surface area contributed by atoms with Crippen LogP contribution in [0.2, 0.25) is 0 Å². The number of aliphatic hydroxyl groups is 1. The second kappa shape index (κ2) is 5.24. The molecule has 0 unspecified atom stereocenters. The van der Waals surface area contributed by atoms with E-state index in [1.807, 2.05) is 13.8 Å². The third-order valence-corrected chi connectivity index (χ3v) is 4.48. The van der Waals surface area contributed by atoms with Gasteiger partial charge in [-0.2, -0.15) is 0 Å². The second-order valence-electron chi connectivity index (χ2n) is 6.00. The number of nitrogens with one attached hydrogen (secondary N) is 2. The number of carbonyl (C=O) groups is 1. The van der Waals surface area contributed by atoms with Gasteiger partial charge in [0.05, 0.1) is 0 Å². The first-order chi connectivity index (χ1) is 10.4. The zero-order chi connectivity index (χ0) is 15.9. The van der Waals surface area contributed by atoms with E-state index in [0.29, 0.717) is 18.5 Å². The molecule has 3 rings (SSSR count). The number of fused-ring (bicyclic) bond motifs is 1. The lowest BCUT2D eigenvalue weighted by Gasteiger charge is -2.21. The molecule has 1 aliphatic carbocycles. The lowest BCUT2D eigenvalue weighted by atomic mass is 10.0. The molecule has 0 saturated heterocycles. The fraction of sp³-hybridized carbons (Fsp3) is 0.533. The molecule has 0 aliphatic heterocycles. The standard InChI is InChI=1S/C15H20N4O3/c1-9-11(8-16-14(21)15(22)5-3-4-6-15)10(2)19-12(17-9)7-13(20)18-19/h7,22H,3-6,8H2,1-2H3,(H,16,21)(H,18,20). The normalized spacial score (nSPS) is 17.0. The van der Waals surface area contributed by atoms with Crippen LogP contribution in [0.3, 0.4) is 0 Å². The summed E-state index contributed by atoms with van der Waals surface area (Å²) in [5.41, 5.74) is 1.54. The molecule has 118 valence electrons. The van der Waals surface area contributed by atoms with Crippen molar-refractivity contribution >= 4 is 11.6 Å².